The smallest absolute Gasteiger partial charge is 0.123 e. The molecule has 90 valence electrons. The van der Waals surface area contributed by atoms with Gasteiger partial charge < -0.3 is 10.1 Å². The summed E-state index contributed by atoms with van der Waals surface area (Å²) in [4.78, 5) is 0. The van der Waals surface area contributed by atoms with E-state index in [4.69, 9.17) is 4.74 Å². The zero-order valence-electron chi connectivity index (χ0n) is 10.8. The molecule has 0 spiro atoms. The Balaban J connectivity index is 2.85. The largest absolute Gasteiger partial charge is 0.496 e. The van der Waals surface area contributed by atoms with Crippen LogP contribution < -0.4 is 10.1 Å². The van der Waals surface area contributed by atoms with E-state index in [-0.39, 0.29) is 0 Å². The summed E-state index contributed by atoms with van der Waals surface area (Å²) in [6.45, 7) is 4.53. The van der Waals surface area contributed by atoms with Crippen molar-refractivity contribution in [2.24, 2.45) is 5.92 Å². The van der Waals surface area contributed by atoms with E-state index in [1.54, 1.807) is 7.11 Å². The summed E-state index contributed by atoms with van der Waals surface area (Å²) in [7, 11) is 3.74. The minimum Gasteiger partial charge on any atom is -0.496 e. The van der Waals surface area contributed by atoms with Gasteiger partial charge in [-0.2, -0.15) is 0 Å². The molecule has 0 aliphatic carbocycles. The molecule has 1 aromatic rings. The summed E-state index contributed by atoms with van der Waals surface area (Å²) in [6.07, 6.45) is 2.36. The average molecular weight is 221 g/mol. The van der Waals surface area contributed by atoms with Gasteiger partial charge >= 0.3 is 0 Å². The van der Waals surface area contributed by atoms with E-state index >= 15 is 0 Å². The second-order valence-corrected chi connectivity index (χ2v) is 4.33. The maximum Gasteiger partial charge on any atom is 0.123 e. The fraction of sp³-hybridized carbons (Fsp3) is 0.571. The first-order chi connectivity index (χ1) is 7.72. The van der Waals surface area contributed by atoms with E-state index in [2.05, 4.69) is 31.3 Å². The number of benzene rings is 1. The zero-order chi connectivity index (χ0) is 12.0. The fourth-order valence-corrected chi connectivity index (χ4v) is 1.92. The van der Waals surface area contributed by atoms with E-state index in [9.17, 15) is 0 Å². The van der Waals surface area contributed by atoms with E-state index in [0.29, 0.717) is 6.04 Å². The predicted molar refractivity (Wildman–Crippen MR) is 68.9 cm³/mol. The highest BCUT2D eigenvalue weighted by Crippen LogP contribution is 2.29. The first-order valence-corrected chi connectivity index (χ1v) is 6.03. The lowest BCUT2D eigenvalue weighted by molar-refractivity contribution is 0.380. The van der Waals surface area contributed by atoms with Crippen LogP contribution in [0.25, 0.3) is 0 Å². The predicted octanol–water partition coefficient (Wildman–Crippen LogP) is 3.39. The number of rotatable bonds is 6. The molecule has 2 atom stereocenters. The third kappa shape index (κ3) is 3.24. The Hall–Kier alpha value is -1.02. The van der Waals surface area contributed by atoms with Crippen molar-refractivity contribution in [3.05, 3.63) is 29.8 Å². The molecule has 0 bridgehead atoms. The number of nitrogens with one attached hydrogen (secondary N) is 1. The van der Waals surface area contributed by atoms with Crippen molar-refractivity contribution in [2.45, 2.75) is 32.7 Å². The highest BCUT2D eigenvalue weighted by atomic mass is 16.5. The number of hydrogen-bond donors (Lipinski definition) is 1. The molecule has 0 radical (unpaired) electrons. The first kappa shape index (κ1) is 13.0. The van der Waals surface area contributed by atoms with Gasteiger partial charge in [-0.25, -0.2) is 0 Å². The molecule has 0 fully saturated rings. The van der Waals surface area contributed by atoms with Crippen molar-refractivity contribution >= 4 is 0 Å². The van der Waals surface area contributed by atoms with Crippen molar-refractivity contribution in [3.63, 3.8) is 0 Å². The molecule has 0 amide bonds. The topological polar surface area (TPSA) is 21.3 Å². The first-order valence-electron chi connectivity index (χ1n) is 6.03. The van der Waals surface area contributed by atoms with E-state index < -0.39 is 0 Å². The second-order valence-electron chi connectivity index (χ2n) is 4.33. The van der Waals surface area contributed by atoms with Gasteiger partial charge in [-0.05, 0) is 25.5 Å². The maximum atomic E-state index is 5.40. The Labute approximate surface area is 99.0 Å². The second kappa shape index (κ2) is 6.54. The molecule has 16 heavy (non-hydrogen) atoms. The zero-order valence-corrected chi connectivity index (χ0v) is 10.8. The number of para-hydroxylation sites is 1. The van der Waals surface area contributed by atoms with Crippen LogP contribution in [0.2, 0.25) is 0 Å². The fourth-order valence-electron chi connectivity index (χ4n) is 1.92. The number of methoxy groups -OCH3 is 1. The van der Waals surface area contributed by atoms with Gasteiger partial charge in [0.1, 0.15) is 5.75 Å². The third-order valence-electron chi connectivity index (χ3n) is 3.20. The normalized spacial score (nSPS) is 14.5. The Morgan fingerprint density at radius 3 is 2.56 bits per heavy atom. The Morgan fingerprint density at radius 1 is 1.31 bits per heavy atom. The highest BCUT2D eigenvalue weighted by Gasteiger charge is 2.15. The van der Waals surface area contributed by atoms with Crippen molar-refractivity contribution in [3.8, 4) is 5.75 Å². The van der Waals surface area contributed by atoms with Crippen molar-refractivity contribution in [1.29, 1.82) is 0 Å². The Kier molecular flexibility index (Phi) is 5.33. The van der Waals surface area contributed by atoms with Gasteiger partial charge in [0, 0.05) is 11.6 Å². The minimum absolute atomic E-state index is 0.381. The summed E-state index contributed by atoms with van der Waals surface area (Å²) in [5, 5.41) is 3.38. The van der Waals surface area contributed by atoms with E-state index in [0.717, 1.165) is 18.1 Å². The minimum atomic E-state index is 0.381. The standard InChI is InChI=1S/C14H23NO/c1-5-11(2)10-13(15-3)12-8-6-7-9-14(12)16-4/h6-9,11,13,15H,5,10H2,1-4H3. The van der Waals surface area contributed by atoms with Gasteiger partial charge in [0.2, 0.25) is 0 Å². The van der Waals surface area contributed by atoms with Crippen LogP contribution in [-0.4, -0.2) is 14.2 Å². The molecule has 2 heteroatoms. The van der Waals surface area contributed by atoms with Crippen LogP contribution in [0.5, 0.6) is 5.75 Å². The molecule has 0 aromatic heterocycles. The quantitative estimate of drug-likeness (QED) is 0.795. The summed E-state index contributed by atoms with van der Waals surface area (Å²) in [5.74, 6) is 1.70. The molecular formula is C14H23NO. The van der Waals surface area contributed by atoms with Gasteiger partial charge in [-0.1, -0.05) is 38.5 Å². The lowest BCUT2D eigenvalue weighted by atomic mass is 9.94. The van der Waals surface area contributed by atoms with Crippen LogP contribution in [0.3, 0.4) is 0 Å². The van der Waals surface area contributed by atoms with Crippen molar-refractivity contribution < 1.29 is 4.74 Å². The van der Waals surface area contributed by atoms with Crippen LogP contribution in [0.4, 0.5) is 0 Å². The molecule has 0 heterocycles. The van der Waals surface area contributed by atoms with Crippen molar-refractivity contribution in [1.82, 2.24) is 5.32 Å². The Morgan fingerprint density at radius 2 is 2.00 bits per heavy atom. The molecule has 1 aromatic carbocycles. The van der Waals surface area contributed by atoms with Crippen LogP contribution in [0.15, 0.2) is 24.3 Å². The molecule has 0 aliphatic rings. The average Bonchev–Trinajstić information content (AvgIpc) is 2.35. The summed E-state index contributed by atoms with van der Waals surface area (Å²) >= 11 is 0. The van der Waals surface area contributed by atoms with E-state index in [1.165, 1.54) is 12.0 Å². The molecule has 2 nitrogen and oxygen atoms in total. The molecule has 1 rings (SSSR count). The molecule has 1 N–H and O–H groups in total. The lowest BCUT2D eigenvalue weighted by Gasteiger charge is -2.22. The van der Waals surface area contributed by atoms with Gasteiger partial charge in [0.25, 0.3) is 0 Å². The SMILES string of the molecule is CCC(C)CC(NC)c1ccccc1OC. The van der Waals surface area contributed by atoms with Crippen molar-refractivity contribution in [2.75, 3.05) is 14.2 Å². The van der Waals surface area contributed by atoms with Gasteiger partial charge in [-0.15, -0.1) is 0 Å². The number of hydrogen-bond acceptors (Lipinski definition) is 2. The van der Waals surface area contributed by atoms with Crippen LogP contribution >= 0.6 is 0 Å². The third-order valence-corrected chi connectivity index (χ3v) is 3.20. The Bertz CT molecular complexity index is 311. The monoisotopic (exact) mass is 221 g/mol. The van der Waals surface area contributed by atoms with Crippen LogP contribution in [-0.2, 0) is 0 Å². The van der Waals surface area contributed by atoms with Gasteiger partial charge in [0.05, 0.1) is 7.11 Å². The molecule has 0 saturated heterocycles. The van der Waals surface area contributed by atoms with Gasteiger partial charge in [-0.3, -0.25) is 0 Å². The maximum absolute atomic E-state index is 5.40. The van der Waals surface area contributed by atoms with Crippen LogP contribution in [0, 0.1) is 5.92 Å². The lowest BCUT2D eigenvalue weighted by Crippen LogP contribution is -2.19. The summed E-state index contributed by atoms with van der Waals surface area (Å²) < 4.78 is 5.40. The van der Waals surface area contributed by atoms with Crippen LogP contribution in [0.1, 0.15) is 38.3 Å². The summed E-state index contributed by atoms with van der Waals surface area (Å²) in [6, 6.07) is 8.63. The molecule has 0 aliphatic heterocycles. The van der Waals surface area contributed by atoms with Gasteiger partial charge in [0.15, 0.2) is 0 Å². The molecule has 0 saturated carbocycles. The summed E-state index contributed by atoms with van der Waals surface area (Å²) in [5.41, 5.74) is 1.26. The molecular weight excluding hydrogens is 198 g/mol. The van der Waals surface area contributed by atoms with E-state index in [1.807, 2.05) is 19.2 Å². The highest BCUT2D eigenvalue weighted by molar-refractivity contribution is 5.35. The molecule has 2 unspecified atom stereocenters. The number of ether oxygens (including phenoxy) is 1.